The molecule has 0 radical (unpaired) electrons. The van der Waals surface area contributed by atoms with Gasteiger partial charge in [0, 0.05) is 0 Å². The van der Waals surface area contributed by atoms with Gasteiger partial charge in [-0.25, -0.2) is 4.98 Å². The summed E-state index contributed by atoms with van der Waals surface area (Å²) in [5, 5.41) is 5.95. The van der Waals surface area contributed by atoms with Crippen LogP contribution in [0.3, 0.4) is 0 Å². The molecule has 18 heavy (non-hydrogen) atoms. The van der Waals surface area contributed by atoms with Gasteiger partial charge in [0.15, 0.2) is 5.11 Å². The lowest BCUT2D eigenvalue weighted by molar-refractivity contribution is -0.120. The molecule has 2 heterocycles. The summed E-state index contributed by atoms with van der Waals surface area (Å²) in [6, 6.07) is 7.56. The minimum atomic E-state index is -0.325. The lowest BCUT2D eigenvalue weighted by Crippen LogP contribution is -2.33. The van der Waals surface area contributed by atoms with Crippen LogP contribution in [0.1, 0.15) is 5.82 Å². The second-order valence-corrected chi connectivity index (χ2v) is 4.68. The van der Waals surface area contributed by atoms with Crippen molar-refractivity contribution in [3.8, 4) is 0 Å². The van der Waals surface area contributed by atoms with Crippen LogP contribution in [0.2, 0.25) is 0 Å². The standard InChI is InChI=1S/C12H12N4OS/c1-7-13-8-4-2-3-5-10(8)16(7)6-9-11(17)15-12(18)14-9/h2-5,9H,6H2,1H3,(H2,14,15,17,18). The monoisotopic (exact) mass is 260 g/mol. The number of para-hydroxylation sites is 2. The molecule has 0 spiro atoms. The number of benzene rings is 1. The van der Waals surface area contributed by atoms with E-state index in [1.54, 1.807) is 0 Å². The molecule has 1 aromatic heterocycles. The van der Waals surface area contributed by atoms with Crippen molar-refractivity contribution in [3.05, 3.63) is 30.1 Å². The van der Waals surface area contributed by atoms with Crippen LogP contribution in [-0.2, 0) is 11.3 Å². The Morgan fingerprint density at radius 2 is 2.22 bits per heavy atom. The first-order valence-electron chi connectivity index (χ1n) is 5.68. The summed E-state index contributed by atoms with van der Waals surface area (Å²) in [4.78, 5) is 16.1. The molecule has 1 aliphatic heterocycles. The molecule has 0 aliphatic carbocycles. The maximum atomic E-state index is 11.7. The maximum absolute atomic E-state index is 11.7. The SMILES string of the molecule is Cc1nc2ccccc2n1CC1NC(=S)NC1=O. The van der Waals surface area contributed by atoms with Crippen molar-refractivity contribution < 1.29 is 4.79 Å². The number of fused-ring (bicyclic) bond motifs is 1. The van der Waals surface area contributed by atoms with Crippen molar-refractivity contribution in [3.63, 3.8) is 0 Å². The summed E-state index contributed by atoms with van der Waals surface area (Å²) in [6.07, 6.45) is 0. The van der Waals surface area contributed by atoms with E-state index in [-0.39, 0.29) is 11.9 Å². The molecule has 2 aromatic rings. The van der Waals surface area contributed by atoms with E-state index in [2.05, 4.69) is 15.6 Å². The molecule has 2 N–H and O–H groups in total. The van der Waals surface area contributed by atoms with Crippen LogP contribution in [0, 0.1) is 6.92 Å². The number of amides is 1. The van der Waals surface area contributed by atoms with E-state index in [1.165, 1.54) is 0 Å². The van der Waals surface area contributed by atoms with Crippen LogP contribution in [-0.4, -0.2) is 26.6 Å². The highest BCUT2D eigenvalue weighted by Crippen LogP contribution is 2.16. The average molecular weight is 260 g/mol. The van der Waals surface area contributed by atoms with E-state index in [0.29, 0.717) is 11.7 Å². The molecule has 1 amide bonds. The van der Waals surface area contributed by atoms with Gasteiger partial charge < -0.3 is 15.2 Å². The van der Waals surface area contributed by atoms with Gasteiger partial charge in [0.1, 0.15) is 11.9 Å². The number of aromatic nitrogens is 2. The minimum absolute atomic E-state index is 0.0859. The van der Waals surface area contributed by atoms with Gasteiger partial charge in [-0.1, -0.05) is 12.1 Å². The normalized spacial score (nSPS) is 19.1. The molecule has 1 aromatic carbocycles. The minimum Gasteiger partial charge on any atom is -0.349 e. The third kappa shape index (κ3) is 1.74. The molecular formula is C12H12N4OS. The molecule has 0 bridgehead atoms. The number of hydrogen-bond donors (Lipinski definition) is 2. The summed E-state index contributed by atoms with van der Waals surface area (Å²) >= 11 is 4.93. The summed E-state index contributed by atoms with van der Waals surface area (Å²) in [5.74, 6) is 0.806. The van der Waals surface area contributed by atoms with Crippen LogP contribution >= 0.6 is 12.2 Å². The molecule has 1 aliphatic rings. The van der Waals surface area contributed by atoms with Crippen LogP contribution in [0.15, 0.2) is 24.3 Å². The highest BCUT2D eigenvalue weighted by Gasteiger charge is 2.28. The van der Waals surface area contributed by atoms with Gasteiger partial charge in [0.05, 0.1) is 17.6 Å². The van der Waals surface area contributed by atoms with Crippen LogP contribution < -0.4 is 10.6 Å². The van der Waals surface area contributed by atoms with Crippen molar-refractivity contribution in [2.75, 3.05) is 0 Å². The van der Waals surface area contributed by atoms with E-state index in [9.17, 15) is 4.79 Å². The fourth-order valence-electron chi connectivity index (χ4n) is 2.20. The lowest BCUT2D eigenvalue weighted by Gasteiger charge is -2.11. The Hall–Kier alpha value is -1.95. The van der Waals surface area contributed by atoms with E-state index in [4.69, 9.17) is 12.2 Å². The zero-order chi connectivity index (χ0) is 12.7. The van der Waals surface area contributed by atoms with Gasteiger partial charge in [-0.05, 0) is 31.3 Å². The largest absolute Gasteiger partial charge is 0.349 e. The van der Waals surface area contributed by atoms with Crippen LogP contribution in [0.25, 0.3) is 11.0 Å². The van der Waals surface area contributed by atoms with Crippen LogP contribution in [0.4, 0.5) is 0 Å². The molecule has 1 saturated heterocycles. The number of carbonyl (C=O) groups is 1. The molecule has 92 valence electrons. The topological polar surface area (TPSA) is 59.0 Å². The number of nitrogens with one attached hydrogen (secondary N) is 2. The number of imidazole rings is 1. The second kappa shape index (κ2) is 4.06. The summed E-state index contributed by atoms with van der Waals surface area (Å²) in [5.41, 5.74) is 1.97. The van der Waals surface area contributed by atoms with Gasteiger partial charge in [-0.3, -0.25) is 4.79 Å². The Morgan fingerprint density at radius 1 is 1.44 bits per heavy atom. The predicted octanol–water partition coefficient (Wildman–Crippen LogP) is 0.718. The Morgan fingerprint density at radius 3 is 2.94 bits per heavy atom. The van der Waals surface area contributed by atoms with Crippen molar-refractivity contribution in [1.29, 1.82) is 0 Å². The predicted molar refractivity (Wildman–Crippen MR) is 72.1 cm³/mol. The van der Waals surface area contributed by atoms with Crippen molar-refractivity contribution in [2.45, 2.75) is 19.5 Å². The van der Waals surface area contributed by atoms with Crippen molar-refractivity contribution in [2.24, 2.45) is 0 Å². The molecule has 1 fully saturated rings. The van der Waals surface area contributed by atoms with Gasteiger partial charge in [-0.2, -0.15) is 0 Å². The second-order valence-electron chi connectivity index (χ2n) is 4.27. The first-order chi connectivity index (χ1) is 8.65. The Balaban J connectivity index is 1.97. The summed E-state index contributed by atoms with van der Waals surface area (Å²) in [7, 11) is 0. The fraction of sp³-hybridized carbons (Fsp3) is 0.250. The Labute approximate surface area is 109 Å². The number of carbonyl (C=O) groups excluding carboxylic acids is 1. The molecule has 1 atom stereocenters. The highest BCUT2D eigenvalue weighted by atomic mass is 32.1. The maximum Gasteiger partial charge on any atom is 0.250 e. The smallest absolute Gasteiger partial charge is 0.250 e. The molecule has 5 nitrogen and oxygen atoms in total. The zero-order valence-corrected chi connectivity index (χ0v) is 10.6. The third-order valence-corrected chi connectivity index (χ3v) is 3.29. The summed E-state index contributed by atoms with van der Waals surface area (Å²) in [6.45, 7) is 2.46. The Kier molecular flexibility index (Phi) is 2.52. The number of rotatable bonds is 2. The first kappa shape index (κ1) is 11.2. The number of aryl methyl sites for hydroxylation is 1. The average Bonchev–Trinajstić information content (AvgIpc) is 2.81. The lowest BCUT2D eigenvalue weighted by atomic mass is 10.2. The molecule has 1 unspecified atom stereocenters. The molecular weight excluding hydrogens is 248 g/mol. The number of thiocarbonyl (C=S) groups is 1. The quantitative estimate of drug-likeness (QED) is 0.781. The fourth-order valence-corrected chi connectivity index (χ4v) is 2.44. The number of nitrogens with zero attached hydrogens (tertiary/aromatic N) is 2. The zero-order valence-electron chi connectivity index (χ0n) is 9.80. The highest BCUT2D eigenvalue weighted by molar-refractivity contribution is 7.80. The van der Waals surface area contributed by atoms with E-state index >= 15 is 0 Å². The molecule has 3 rings (SSSR count). The van der Waals surface area contributed by atoms with Crippen LogP contribution in [0.5, 0.6) is 0 Å². The molecule has 0 saturated carbocycles. The Bertz CT molecular complexity index is 649. The summed E-state index contributed by atoms with van der Waals surface area (Å²) < 4.78 is 2.03. The van der Waals surface area contributed by atoms with Crippen molar-refractivity contribution >= 4 is 34.3 Å². The first-order valence-corrected chi connectivity index (χ1v) is 6.09. The number of hydrogen-bond acceptors (Lipinski definition) is 3. The van der Waals surface area contributed by atoms with E-state index in [0.717, 1.165) is 16.9 Å². The van der Waals surface area contributed by atoms with Gasteiger partial charge in [0.25, 0.3) is 5.91 Å². The van der Waals surface area contributed by atoms with E-state index in [1.807, 2.05) is 35.8 Å². The van der Waals surface area contributed by atoms with E-state index < -0.39 is 0 Å². The van der Waals surface area contributed by atoms with Crippen molar-refractivity contribution in [1.82, 2.24) is 20.2 Å². The van der Waals surface area contributed by atoms with Gasteiger partial charge in [-0.15, -0.1) is 0 Å². The van der Waals surface area contributed by atoms with Gasteiger partial charge >= 0.3 is 0 Å². The molecule has 6 heteroatoms. The van der Waals surface area contributed by atoms with Gasteiger partial charge in [0.2, 0.25) is 0 Å². The third-order valence-electron chi connectivity index (χ3n) is 3.07.